The Bertz CT molecular complexity index is 747. The van der Waals surface area contributed by atoms with Crippen LogP contribution in [0.15, 0.2) is 42.5 Å². The summed E-state index contributed by atoms with van der Waals surface area (Å²) >= 11 is 0. The molecule has 0 unspecified atom stereocenters. The highest BCUT2D eigenvalue weighted by atomic mass is 32.2. The van der Waals surface area contributed by atoms with Crippen molar-refractivity contribution in [1.29, 1.82) is 0 Å². The van der Waals surface area contributed by atoms with Crippen LogP contribution in [-0.2, 0) is 10.0 Å². The van der Waals surface area contributed by atoms with Crippen LogP contribution >= 0.6 is 0 Å². The van der Waals surface area contributed by atoms with Gasteiger partial charge in [-0.3, -0.25) is 4.72 Å². The van der Waals surface area contributed by atoms with E-state index in [1.807, 2.05) is 0 Å². The zero-order valence-corrected chi connectivity index (χ0v) is 12.8. The fourth-order valence-corrected chi connectivity index (χ4v) is 3.00. The quantitative estimate of drug-likeness (QED) is 0.847. The van der Waals surface area contributed by atoms with Crippen LogP contribution in [0.2, 0.25) is 0 Å². The van der Waals surface area contributed by atoms with Crippen molar-refractivity contribution in [2.24, 2.45) is 0 Å². The van der Waals surface area contributed by atoms with Crippen LogP contribution in [0.25, 0.3) is 0 Å². The van der Waals surface area contributed by atoms with E-state index < -0.39 is 21.7 Å². The van der Waals surface area contributed by atoms with E-state index in [0.29, 0.717) is 23.5 Å². The van der Waals surface area contributed by atoms with Crippen molar-refractivity contribution in [1.82, 2.24) is 0 Å². The number of halogens is 2. The number of hydrogen-bond donors (Lipinski definition) is 2. The Morgan fingerprint density at radius 2 is 1.50 bits per heavy atom. The van der Waals surface area contributed by atoms with Gasteiger partial charge in [-0.1, -0.05) is 6.92 Å². The van der Waals surface area contributed by atoms with Crippen LogP contribution in [0.5, 0.6) is 0 Å². The Labute approximate surface area is 128 Å². The molecule has 2 rings (SSSR count). The van der Waals surface area contributed by atoms with Crippen LogP contribution < -0.4 is 10.0 Å². The molecular weight excluding hydrogens is 310 g/mol. The summed E-state index contributed by atoms with van der Waals surface area (Å²) in [5, 5.41) is 2.90. The minimum Gasteiger partial charge on any atom is -0.355 e. The molecule has 2 aromatic carbocycles. The smallest absolute Gasteiger partial charge is 0.232 e. The van der Waals surface area contributed by atoms with Gasteiger partial charge in [0.05, 0.1) is 5.75 Å². The molecule has 0 aromatic heterocycles. The number of rotatable bonds is 6. The summed E-state index contributed by atoms with van der Waals surface area (Å²) in [7, 11) is -3.33. The Morgan fingerprint density at radius 1 is 0.909 bits per heavy atom. The molecule has 0 bridgehead atoms. The number of benzene rings is 2. The average molecular weight is 326 g/mol. The lowest BCUT2D eigenvalue weighted by Gasteiger charge is -2.10. The lowest BCUT2D eigenvalue weighted by Crippen LogP contribution is -2.15. The Balaban J connectivity index is 2.07. The van der Waals surface area contributed by atoms with E-state index >= 15 is 0 Å². The predicted octanol–water partition coefficient (Wildman–Crippen LogP) is 3.86. The molecule has 0 saturated heterocycles. The zero-order chi connectivity index (χ0) is 16.2. The van der Waals surface area contributed by atoms with Gasteiger partial charge in [0.25, 0.3) is 0 Å². The lowest BCUT2D eigenvalue weighted by atomic mass is 10.2. The van der Waals surface area contributed by atoms with E-state index in [4.69, 9.17) is 0 Å². The molecule has 0 amide bonds. The molecule has 0 saturated carbocycles. The maximum absolute atomic E-state index is 13.1. The van der Waals surface area contributed by atoms with Crippen LogP contribution in [0, 0.1) is 11.6 Å². The standard InChI is InChI=1S/C15H16F2N2O2S/c1-2-9-22(20,21)19-12-5-3-11(4-6-12)18-13-7-8-14(16)15(17)10-13/h3-8,10,18-19H,2,9H2,1H3. The first-order chi connectivity index (χ1) is 10.4. The third-order valence-electron chi connectivity index (χ3n) is 2.84. The Kier molecular flexibility index (Phi) is 4.97. The third-order valence-corrected chi connectivity index (χ3v) is 4.33. The highest BCUT2D eigenvalue weighted by molar-refractivity contribution is 7.92. The van der Waals surface area contributed by atoms with Gasteiger partial charge in [-0.05, 0) is 42.8 Å². The minimum absolute atomic E-state index is 0.0574. The van der Waals surface area contributed by atoms with E-state index in [2.05, 4.69) is 10.0 Å². The number of sulfonamides is 1. The molecule has 2 aromatic rings. The monoisotopic (exact) mass is 326 g/mol. The van der Waals surface area contributed by atoms with E-state index in [9.17, 15) is 17.2 Å². The van der Waals surface area contributed by atoms with Crippen LogP contribution in [0.1, 0.15) is 13.3 Å². The van der Waals surface area contributed by atoms with Crippen molar-refractivity contribution in [3.8, 4) is 0 Å². The topological polar surface area (TPSA) is 58.2 Å². The van der Waals surface area contributed by atoms with Crippen LogP contribution in [-0.4, -0.2) is 14.2 Å². The SMILES string of the molecule is CCCS(=O)(=O)Nc1ccc(Nc2ccc(F)c(F)c2)cc1. The van der Waals surface area contributed by atoms with Gasteiger partial charge in [0.1, 0.15) is 0 Å². The molecule has 0 spiro atoms. The van der Waals surface area contributed by atoms with Crippen molar-refractivity contribution in [2.75, 3.05) is 15.8 Å². The molecule has 0 radical (unpaired) electrons. The van der Waals surface area contributed by atoms with Gasteiger partial charge in [-0.15, -0.1) is 0 Å². The zero-order valence-electron chi connectivity index (χ0n) is 11.9. The van der Waals surface area contributed by atoms with Crippen molar-refractivity contribution in [3.05, 3.63) is 54.1 Å². The second-order valence-electron chi connectivity index (χ2n) is 4.75. The van der Waals surface area contributed by atoms with Crippen LogP contribution in [0.3, 0.4) is 0 Å². The van der Waals surface area contributed by atoms with Gasteiger partial charge in [-0.25, -0.2) is 17.2 Å². The highest BCUT2D eigenvalue weighted by Crippen LogP contribution is 2.21. The van der Waals surface area contributed by atoms with Crippen molar-refractivity contribution in [2.45, 2.75) is 13.3 Å². The molecule has 0 atom stereocenters. The molecule has 22 heavy (non-hydrogen) atoms. The normalized spacial score (nSPS) is 11.2. The number of anilines is 3. The molecule has 2 N–H and O–H groups in total. The molecular formula is C15H16F2N2O2S. The fourth-order valence-electron chi connectivity index (χ4n) is 1.86. The molecule has 0 aliphatic rings. The first-order valence-corrected chi connectivity index (χ1v) is 8.37. The molecule has 0 aliphatic heterocycles. The first kappa shape index (κ1) is 16.2. The van der Waals surface area contributed by atoms with E-state index in [1.54, 1.807) is 31.2 Å². The summed E-state index contributed by atoms with van der Waals surface area (Å²) in [6.07, 6.45) is 0.533. The third kappa shape index (κ3) is 4.42. The molecule has 4 nitrogen and oxygen atoms in total. The van der Waals surface area contributed by atoms with Crippen LogP contribution in [0.4, 0.5) is 25.8 Å². The Morgan fingerprint density at radius 3 is 2.09 bits per heavy atom. The molecule has 118 valence electrons. The number of nitrogens with one attached hydrogen (secondary N) is 2. The van der Waals surface area contributed by atoms with Crippen molar-refractivity contribution >= 4 is 27.1 Å². The molecule has 0 fully saturated rings. The largest absolute Gasteiger partial charge is 0.355 e. The van der Waals surface area contributed by atoms with E-state index in [-0.39, 0.29) is 5.75 Å². The van der Waals surface area contributed by atoms with E-state index in [0.717, 1.165) is 12.1 Å². The second-order valence-corrected chi connectivity index (χ2v) is 6.59. The summed E-state index contributed by atoms with van der Waals surface area (Å²) in [5.41, 5.74) is 1.48. The van der Waals surface area contributed by atoms with Gasteiger partial charge < -0.3 is 5.32 Å². The lowest BCUT2D eigenvalue weighted by molar-refractivity contribution is 0.509. The summed E-state index contributed by atoms with van der Waals surface area (Å²) < 4.78 is 51.7. The van der Waals surface area contributed by atoms with Gasteiger partial charge in [0.15, 0.2) is 11.6 Å². The molecule has 0 heterocycles. The van der Waals surface area contributed by atoms with Crippen molar-refractivity contribution in [3.63, 3.8) is 0 Å². The van der Waals surface area contributed by atoms with Gasteiger partial charge in [-0.2, -0.15) is 0 Å². The number of hydrogen-bond acceptors (Lipinski definition) is 3. The summed E-state index contributed by atoms with van der Waals surface area (Å²) in [6.45, 7) is 1.79. The fraction of sp³-hybridized carbons (Fsp3) is 0.200. The maximum atomic E-state index is 13.1. The van der Waals surface area contributed by atoms with Gasteiger partial charge in [0, 0.05) is 23.1 Å². The summed E-state index contributed by atoms with van der Waals surface area (Å²) in [5.74, 6) is -1.79. The summed E-state index contributed by atoms with van der Waals surface area (Å²) in [6, 6.07) is 9.97. The Hall–Kier alpha value is -2.15. The molecule has 0 aliphatic carbocycles. The minimum atomic E-state index is -3.33. The average Bonchev–Trinajstić information content (AvgIpc) is 2.44. The van der Waals surface area contributed by atoms with E-state index in [1.165, 1.54) is 6.07 Å². The van der Waals surface area contributed by atoms with Crippen molar-refractivity contribution < 1.29 is 17.2 Å². The second kappa shape index (κ2) is 6.74. The maximum Gasteiger partial charge on any atom is 0.232 e. The first-order valence-electron chi connectivity index (χ1n) is 6.72. The molecule has 7 heteroatoms. The predicted molar refractivity (Wildman–Crippen MR) is 83.8 cm³/mol. The summed E-state index contributed by atoms with van der Waals surface area (Å²) in [4.78, 5) is 0. The highest BCUT2D eigenvalue weighted by Gasteiger charge is 2.08. The van der Waals surface area contributed by atoms with Gasteiger partial charge >= 0.3 is 0 Å². The van der Waals surface area contributed by atoms with Gasteiger partial charge in [0.2, 0.25) is 10.0 Å².